The van der Waals surface area contributed by atoms with Crippen molar-refractivity contribution in [3.8, 4) is 0 Å². The van der Waals surface area contributed by atoms with E-state index in [1.807, 2.05) is 0 Å². The zero-order chi connectivity index (χ0) is 19.4. The number of aromatic nitrogens is 1. The maximum Gasteiger partial charge on any atom is 0.309 e. The standard InChI is InChI=1S/C18H27BClN3O3/c1-11(2)8-13-9-14(15(20)10-21-13)17(24)22-12(3)18(25)23-7-5-6-16(23)19(4)26/h9-12,16,26H,5-8H2,1-4H3,(H,22,24)/t12-,16+/m1/s1. The van der Waals surface area contributed by atoms with Crippen LogP contribution in [0.3, 0.4) is 0 Å². The lowest BCUT2D eigenvalue weighted by Gasteiger charge is -2.28. The van der Waals surface area contributed by atoms with Crippen LogP contribution >= 0.6 is 11.6 Å². The van der Waals surface area contributed by atoms with Crippen molar-refractivity contribution < 1.29 is 14.6 Å². The van der Waals surface area contributed by atoms with Crippen molar-refractivity contribution in [3.63, 3.8) is 0 Å². The Labute approximate surface area is 160 Å². The van der Waals surface area contributed by atoms with Gasteiger partial charge in [0.15, 0.2) is 0 Å². The molecule has 0 aliphatic carbocycles. The second kappa shape index (κ2) is 8.86. The number of halogens is 1. The Kier molecular flexibility index (Phi) is 7.06. The van der Waals surface area contributed by atoms with Crippen molar-refractivity contribution in [1.29, 1.82) is 0 Å². The summed E-state index contributed by atoms with van der Waals surface area (Å²) in [5.74, 6) is -0.359. The summed E-state index contributed by atoms with van der Waals surface area (Å²) in [5.41, 5.74) is 1.12. The van der Waals surface area contributed by atoms with E-state index in [4.69, 9.17) is 11.6 Å². The van der Waals surface area contributed by atoms with Crippen LogP contribution in [-0.4, -0.2) is 52.2 Å². The second-order valence-corrected chi connectivity index (χ2v) is 7.84. The van der Waals surface area contributed by atoms with Crippen LogP contribution in [0.25, 0.3) is 0 Å². The summed E-state index contributed by atoms with van der Waals surface area (Å²) in [4.78, 5) is 31.2. The molecule has 2 rings (SSSR count). The van der Waals surface area contributed by atoms with Crippen LogP contribution in [-0.2, 0) is 11.2 Å². The minimum Gasteiger partial charge on any atom is -0.449 e. The highest BCUT2D eigenvalue weighted by molar-refractivity contribution is 6.51. The van der Waals surface area contributed by atoms with Gasteiger partial charge in [-0.3, -0.25) is 14.6 Å². The van der Waals surface area contributed by atoms with Gasteiger partial charge in [-0.2, -0.15) is 0 Å². The highest BCUT2D eigenvalue weighted by Gasteiger charge is 2.36. The van der Waals surface area contributed by atoms with Crippen molar-refractivity contribution in [1.82, 2.24) is 15.2 Å². The van der Waals surface area contributed by atoms with Gasteiger partial charge in [-0.25, -0.2) is 0 Å². The van der Waals surface area contributed by atoms with Crippen molar-refractivity contribution in [2.45, 2.75) is 58.8 Å². The number of rotatable bonds is 6. The number of carbonyl (C=O) groups is 2. The molecule has 2 amide bonds. The number of carbonyl (C=O) groups excluding carboxylic acids is 2. The first-order valence-electron chi connectivity index (χ1n) is 9.14. The molecule has 2 atom stereocenters. The molecule has 2 heterocycles. The third-order valence-corrected chi connectivity index (χ3v) is 4.93. The number of hydrogen-bond acceptors (Lipinski definition) is 4. The third-order valence-electron chi connectivity index (χ3n) is 4.63. The Morgan fingerprint density at radius 3 is 2.77 bits per heavy atom. The number of nitrogens with one attached hydrogen (secondary N) is 1. The van der Waals surface area contributed by atoms with Crippen LogP contribution in [0.2, 0.25) is 11.8 Å². The molecule has 1 aliphatic rings. The van der Waals surface area contributed by atoms with Gasteiger partial charge in [0, 0.05) is 24.4 Å². The van der Waals surface area contributed by atoms with Crippen molar-refractivity contribution >= 4 is 30.3 Å². The van der Waals surface area contributed by atoms with Gasteiger partial charge < -0.3 is 15.2 Å². The largest absolute Gasteiger partial charge is 0.449 e. The summed E-state index contributed by atoms with van der Waals surface area (Å²) < 4.78 is 0. The van der Waals surface area contributed by atoms with Gasteiger partial charge in [-0.15, -0.1) is 0 Å². The Bertz CT molecular complexity index is 669. The summed E-state index contributed by atoms with van der Waals surface area (Å²) in [6.07, 6.45) is 3.86. The van der Waals surface area contributed by atoms with E-state index < -0.39 is 18.9 Å². The number of nitrogens with zero attached hydrogens (tertiary/aromatic N) is 2. The van der Waals surface area contributed by atoms with E-state index >= 15 is 0 Å². The lowest BCUT2D eigenvalue weighted by molar-refractivity contribution is -0.132. The van der Waals surface area contributed by atoms with E-state index in [0.29, 0.717) is 18.0 Å². The zero-order valence-corrected chi connectivity index (χ0v) is 16.6. The molecular formula is C18H27BClN3O3. The summed E-state index contributed by atoms with van der Waals surface area (Å²) >= 11 is 6.13. The first-order chi connectivity index (χ1) is 12.2. The van der Waals surface area contributed by atoms with Gasteiger partial charge in [0.2, 0.25) is 5.91 Å². The summed E-state index contributed by atoms with van der Waals surface area (Å²) in [6, 6.07) is 0.989. The van der Waals surface area contributed by atoms with Crippen LogP contribution in [0.4, 0.5) is 0 Å². The predicted molar refractivity (Wildman–Crippen MR) is 103 cm³/mol. The molecule has 1 saturated heterocycles. The number of hydrogen-bond donors (Lipinski definition) is 2. The van der Waals surface area contributed by atoms with Crippen LogP contribution < -0.4 is 5.32 Å². The van der Waals surface area contributed by atoms with E-state index in [0.717, 1.165) is 25.0 Å². The number of amides is 2. The maximum absolute atomic E-state index is 12.7. The Balaban J connectivity index is 2.08. The molecule has 0 bridgehead atoms. The molecular weight excluding hydrogens is 352 g/mol. The van der Waals surface area contributed by atoms with E-state index in [-0.39, 0.29) is 16.9 Å². The molecule has 1 fully saturated rings. The number of pyridine rings is 1. The monoisotopic (exact) mass is 379 g/mol. The van der Waals surface area contributed by atoms with Crippen molar-refractivity contribution in [2.24, 2.45) is 5.92 Å². The molecule has 2 N–H and O–H groups in total. The van der Waals surface area contributed by atoms with Gasteiger partial charge >= 0.3 is 6.92 Å². The first kappa shape index (κ1) is 20.7. The van der Waals surface area contributed by atoms with E-state index in [1.54, 1.807) is 24.7 Å². The second-order valence-electron chi connectivity index (χ2n) is 7.43. The van der Waals surface area contributed by atoms with Crippen LogP contribution in [0.15, 0.2) is 12.3 Å². The number of likely N-dealkylation sites (tertiary alicyclic amines) is 1. The molecule has 0 unspecified atom stereocenters. The average molecular weight is 380 g/mol. The minimum atomic E-state index is -0.695. The molecule has 1 aromatic rings. The van der Waals surface area contributed by atoms with E-state index in [2.05, 4.69) is 24.1 Å². The average Bonchev–Trinajstić information content (AvgIpc) is 3.05. The molecule has 142 valence electrons. The Morgan fingerprint density at radius 1 is 1.46 bits per heavy atom. The molecule has 26 heavy (non-hydrogen) atoms. The lowest BCUT2D eigenvalue weighted by Crippen LogP contribution is -2.52. The fourth-order valence-corrected chi connectivity index (χ4v) is 3.53. The molecule has 8 heteroatoms. The smallest absolute Gasteiger partial charge is 0.309 e. The summed E-state index contributed by atoms with van der Waals surface area (Å²) in [7, 11) is 0. The van der Waals surface area contributed by atoms with Gasteiger partial charge in [0.25, 0.3) is 5.91 Å². The molecule has 0 radical (unpaired) electrons. The predicted octanol–water partition coefficient (Wildman–Crippen LogP) is 2.20. The fraction of sp³-hybridized carbons (Fsp3) is 0.611. The fourth-order valence-electron chi connectivity index (χ4n) is 3.34. The molecule has 0 saturated carbocycles. The van der Waals surface area contributed by atoms with Crippen LogP contribution in [0.5, 0.6) is 0 Å². The Morgan fingerprint density at radius 2 is 2.15 bits per heavy atom. The summed E-state index contributed by atoms with van der Waals surface area (Å²) in [5, 5.41) is 12.8. The topological polar surface area (TPSA) is 82.5 Å². The van der Waals surface area contributed by atoms with Crippen molar-refractivity contribution in [3.05, 3.63) is 28.5 Å². The van der Waals surface area contributed by atoms with E-state index in [1.165, 1.54) is 6.20 Å². The van der Waals surface area contributed by atoms with Gasteiger partial charge in [0.05, 0.1) is 10.6 Å². The normalized spacial score (nSPS) is 18.1. The van der Waals surface area contributed by atoms with Crippen molar-refractivity contribution in [2.75, 3.05) is 6.54 Å². The van der Waals surface area contributed by atoms with Gasteiger partial charge in [0.1, 0.15) is 6.04 Å². The molecule has 0 spiro atoms. The zero-order valence-electron chi connectivity index (χ0n) is 15.8. The van der Waals surface area contributed by atoms with Crippen LogP contribution in [0.1, 0.15) is 49.7 Å². The Hall–Kier alpha value is -1.60. The lowest BCUT2D eigenvalue weighted by atomic mass is 9.62. The molecule has 6 nitrogen and oxygen atoms in total. The highest BCUT2D eigenvalue weighted by atomic mass is 35.5. The molecule has 1 aliphatic heterocycles. The van der Waals surface area contributed by atoms with Crippen LogP contribution in [0, 0.1) is 5.92 Å². The maximum atomic E-state index is 12.7. The minimum absolute atomic E-state index is 0.186. The molecule has 0 aromatic carbocycles. The first-order valence-corrected chi connectivity index (χ1v) is 9.52. The molecule has 1 aromatic heterocycles. The highest BCUT2D eigenvalue weighted by Crippen LogP contribution is 2.21. The summed E-state index contributed by atoms with van der Waals surface area (Å²) in [6.45, 7) is 7.51. The SMILES string of the molecule is CB(O)[C@@H]1CCCN1C(=O)[C@@H](C)NC(=O)c1cc(CC(C)C)ncc1Cl. The third kappa shape index (κ3) is 4.98. The van der Waals surface area contributed by atoms with Gasteiger partial charge in [-0.05, 0) is 38.2 Å². The van der Waals surface area contributed by atoms with Gasteiger partial charge in [-0.1, -0.05) is 32.3 Å². The van der Waals surface area contributed by atoms with E-state index in [9.17, 15) is 14.6 Å². The quantitative estimate of drug-likeness (QED) is 0.742.